The van der Waals surface area contributed by atoms with Crippen LogP contribution in [-0.4, -0.2) is 87.5 Å². The first-order valence-electron chi connectivity index (χ1n) is 8.77. The maximum Gasteiger partial charge on any atom is 0.326 e. The van der Waals surface area contributed by atoms with Crippen LogP contribution in [0.15, 0.2) is 0 Å². The first kappa shape index (κ1) is 26.2. The van der Waals surface area contributed by atoms with E-state index in [0.29, 0.717) is 0 Å². The molecule has 0 aliphatic heterocycles. The number of aliphatic hydroxyl groups is 2. The molecule has 166 valence electrons. The molecule has 0 fully saturated rings. The van der Waals surface area contributed by atoms with E-state index >= 15 is 0 Å². The van der Waals surface area contributed by atoms with Crippen molar-refractivity contribution in [3.05, 3.63) is 0 Å². The third-order valence-electron chi connectivity index (χ3n) is 3.86. The number of nitrogens with one attached hydrogen (secondary N) is 3. The summed E-state index contributed by atoms with van der Waals surface area (Å²) < 4.78 is 0. The first-order valence-corrected chi connectivity index (χ1v) is 8.77. The van der Waals surface area contributed by atoms with Gasteiger partial charge in [0.2, 0.25) is 17.7 Å². The Kier molecular flexibility index (Phi) is 11.4. The quantitative estimate of drug-likeness (QED) is 0.146. The van der Waals surface area contributed by atoms with Crippen LogP contribution in [0, 0.1) is 5.92 Å². The highest BCUT2D eigenvalue weighted by atomic mass is 16.4. The van der Waals surface area contributed by atoms with E-state index in [-0.39, 0.29) is 6.42 Å². The summed E-state index contributed by atoms with van der Waals surface area (Å²) in [5, 5.41) is 42.6. The number of hydrogen-bond donors (Lipinski definition) is 8. The Labute approximate surface area is 166 Å². The van der Waals surface area contributed by atoms with Crippen LogP contribution in [-0.2, 0) is 24.0 Å². The molecule has 0 aromatic heterocycles. The summed E-state index contributed by atoms with van der Waals surface area (Å²) in [7, 11) is 0. The standard InChI is InChI=1S/C16H28N4O9/c1-7(2)12(16(28)29)20-14(26)9(3-4-11(23)24)18-15(27)10(6-22)19-13(25)8(17)5-21/h7-10,12,21-22H,3-6,17H2,1-2H3,(H,18,27)(H,19,25)(H,20,26)(H,23,24)(H,28,29). The lowest BCUT2D eigenvalue weighted by atomic mass is 10.0. The van der Waals surface area contributed by atoms with E-state index in [1.165, 1.54) is 0 Å². The van der Waals surface area contributed by atoms with Gasteiger partial charge in [-0.15, -0.1) is 0 Å². The van der Waals surface area contributed by atoms with Gasteiger partial charge < -0.3 is 42.1 Å². The molecule has 0 aromatic rings. The molecule has 3 amide bonds. The van der Waals surface area contributed by atoms with Crippen LogP contribution in [0.25, 0.3) is 0 Å². The number of carboxylic acid groups (broad SMARTS) is 2. The van der Waals surface area contributed by atoms with Gasteiger partial charge in [0.05, 0.1) is 13.2 Å². The smallest absolute Gasteiger partial charge is 0.326 e. The van der Waals surface area contributed by atoms with Crippen molar-refractivity contribution in [1.29, 1.82) is 0 Å². The third-order valence-corrected chi connectivity index (χ3v) is 3.86. The Morgan fingerprint density at radius 1 is 0.828 bits per heavy atom. The predicted octanol–water partition coefficient (Wildman–Crippen LogP) is -3.64. The van der Waals surface area contributed by atoms with Crippen molar-refractivity contribution < 1.29 is 44.4 Å². The minimum Gasteiger partial charge on any atom is -0.481 e. The van der Waals surface area contributed by atoms with Crippen molar-refractivity contribution in [3.8, 4) is 0 Å². The second-order valence-corrected chi connectivity index (χ2v) is 6.59. The summed E-state index contributed by atoms with van der Waals surface area (Å²) in [6.07, 6.45) is -0.872. The largest absolute Gasteiger partial charge is 0.481 e. The maximum absolute atomic E-state index is 12.4. The molecule has 13 nitrogen and oxygen atoms in total. The highest BCUT2D eigenvalue weighted by molar-refractivity contribution is 5.94. The molecule has 0 heterocycles. The highest BCUT2D eigenvalue weighted by Gasteiger charge is 2.31. The van der Waals surface area contributed by atoms with E-state index in [9.17, 15) is 29.1 Å². The van der Waals surface area contributed by atoms with Gasteiger partial charge in [-0.25, -0.2) is 4.79 Å². The molecule has 0 saturated carbocycles. The van der Waals surface area contributed by atoms with Crippen molar-refractivity contribution in [2.45, 2.75) is 50.9 Å². The number of carbonyl (C=O) groups is 5. The summed E-state index contributed by atoms with van der Waals surface area (Å²) in [5.41, 5.74) is 5.30. The van der Waals surface area contributed by atoms with Crippen molar-refractivity contribution >= 4 is 29.7 Å². The van der Waals surface area contributed by atoms with Gasteiger partial charge in [0.1, 0.15) is 24.2 Å². The average molecular weight is 420 g/mol. The number of aliphatic hydroxyl groups excluding tert-OH is 2. The monoisotopic (exact) mass is 420 g/mol. The van der Waals surface area contributed by atoms with Crippen LogP contribution < -0.4 is 21.7 Å². The van der Waals surface area contributed by atoms with E-state index in [1.54, 1.807) is 13.8 Å². The number of aliphatic carboxylic acids is 2. The molecule has 0 aliphatic rings. The molecular formula is C16H28N4O9. The Balaban J connectivity index is 5.30. The number of nitrogens with two attached hydrogens (primary N) is 1. The molecule has 9 N–H and O–H groups in total. The van der Waals surface area contributed by atoms with Crippen LogP contribution in [0.4, 0.5) is 0 Å². The first-order chi connectivity index (χ1) is 13.4. The minimum atomic E-state index is -1.53. The number of hydrogen-bond acceptors (Lipinski definition) is 8. The third kappa shape index (κ3) is 9.32. The molecule has 0 bridgehead atoms. The van der Waals surface area contributed by atoms with E-state index in [2.05, 4.69) is 16.0 Å². The van der Waals surface area contributed by atoms with Crippen LogP contribution >= 0.6 is 0 Å². The zero-order chi connectivity index (χ0) is 22.7. The molecule has 0 aliphatic carbocycles. The fourth-order valence-corrected chi connectivity index (χ4v) is 2.13. The highest BCUT2D eigenvalue weighted by Crippen LogP contribution is 2.05. The average Bonchev–Trinajstić information content (AvgIpc) is 2.65. The second kappa shape index (κ2) is 12.6. The maximum atomic E-state index is 12.4. The molecule has 0 radical (unpaired) electrons. The number of carbonyl (C=O) groups excluding carboxylic acids is 3. The molecule has 4 unspecified atom stereocenters. The summed E-state index contributed by atoms with van der Waals surface area (Å²) in [6, 6.07) is -5.58. The zero-order valence-electron chi connectivity index (χ0n) is 16.1. The lowest BCUT2D eigenvalue weighted by molar-refractivity contribution is -0.144. The van der Waals surface area contributed by atoms with Gasteiger partial charge >= 0.3 is 11.9 Å². The van der Waals surface area contributed by atoms with Crippen molar-refractivity contribution in [2.75, 3.05) is 13.2 Å². The van der Waals surface area contributed by atoms with Gasteiger partial charge in [0.15, 0.2) is 0 Å². The van der Waals surface area contributed by atoms with E-state index < -0.39 is 79.4 Å². The molecule has 0 aromatic carbocycles. The lowest BCUT2D eigenvalue weighted by Gasteiger charge is -2.25. The van der Waals surface area contributed by atoms with Crippen molar-refractivity contribution in [3.63, 3.8) is 0 Å². The molecule has 0 saturated heterocycles. The van der Waals surface area contributed by atoms with E-state index in [4.69, 9.17) is 21.1 Å². The summed E-state index contributed by atoms with van der Waals surface area (Å²) in [4.78, 5) is 58.5. The van der Waals surface area contributed by atoms with E-state index in [0.717, 1.165) is 0 Å². The SMILES string of the molecule is CC(C)C(NC(=O)C(CCC(=O)O)NC(=O)C(CO)NC(=O)C(N)CO)C(=O)O. The second-order valence-electron chi connectivity index (χ2n) is 6.59. The van der Waals surface area contributed by atoms with Crippen molar-refractivity contribution in [2.24, 2.45) is 11.7 Å². The normalized spacial score (nSPS) is 15.0. The van der Waals surface area contributed by atoms with Gasteiger partial charge in [0, 0.05) is 6.42 Å². The summed E-state index contributed by atoms with van der Waals surface area (Å²) in [6.45, 7) is 1.52. The topological polar surface area (TPSA) is 228 Å². The van der Waals surface area contributed by atoms with Crippen LogP contribution in [0.5, 0.6) is 0 Å². The molecule has 4 atom stereocenters. The van der Waals surface area contributed by atoms with Gasteiger partial charge in [-0.2, -0.15) is 0 Å². The predicted molar refractivity (Wildman–Crippen MR) is 97.3 cm³/mol. The zero-order valence-corrected chi connectivity index (χ0v) is 16.1. The Morgan fingerprint density at radius 2 is 1.34 bits per heavy atom. The fraction of sp³-hybridized carbons (Fsp3) is 0.688. The number of carboxylic acids is 2. The summed E-state index contributed by atoms with van der Waals surface area (Å²) >= 11 is 0. The fourth-order valence-electron chi connectivity index (χ4n) is 2.13. The van der Waals surface area contributed by atoms with Crippen LogP contribution in [0.1, 0.15) is 26.7 Å². The molecule has 0 spiro atoms. The Bertz CT molecular complexity index is 611. The molecular weight excluding hydrogens is 392 g/mol. The van der Waals surface area contributed by atoms with Crippen LogP contribution in [0.2, 0.25) is 0 Å². The van der Waals surface area contributed by atoms with Crippen molar-refractivity contribution in [1.82, 2.24) is 16.0 Å². The Hall–Kier alpha value is -2.77. The molecule has 29 heavy (non-hydrogen) atoms. The van der Waals surface area contributed by atoms with Gasteiger partial charge in [-0.1, -0.05) is 13.8 Å². The van der Waals surface area contributed by atoms with Gasteiger partial charge in [-0.05, 0) is 12.3 Å². The molecule has 0 rings (SSSR count). The summed E-state index contributed by atoms with van der Waals surface area (Å²) in [5.74, 6) is -5.94. The Morgan fingerprint density at radius 3 is 1.76 bits per heavy atom. The molecule has 13 heteroatoms. The van der Waals surface area contributed by atoms with Crippen LogP contribution in [0.3, 0.4) is 0 Å². The van der Waals surface area contributed by atoms with Gasteiger partial charge in [0.25, 0.3) is 0 Å². The van der Waals surface area contributed by atoms with Gasteiger partial charge in [-0.3, -0.25) is 19.2 Å². The van der Waals surface area contributed by atoms with E-state index in [1.807, 2.05) is 0 Å². The number of rotatable bonds is 13. The number of amides is 3. The minimum absolute atomic E-state index is 0.362. The lowest BCUT2D eigenvalue weighted by Crippen LogP contribution is -2.58.